The van der Waals surface area contributed by atoms with Crippen molar-refractivity contribution in [2.75, 3.05) is 5.73 Å². The average Bonchev–Trinajstić information content (AvgIpc) is 3.12. The van der Waals surface area contributed by atoms with Gasteiger partial charge in [-0.25, -0.2) is 0 Å². The van der Waals surface area contributed by atoms with Crippen LogP contribution in [0.15, 0.2) is 78.9 Å². The lowest BCUT2D eigenvalue weighted by molar-refractivity contribution is 0.100. The number of aromatic amines is 1. The van der Waals surface area contributed by atoms with E-state index in [1.807, 2.05) is 30.3 Å². The number of hydrogen-bond acceptors (Lipinski definition) is 4. The number of nitrogens with one attached hydrogen (secondary N) is 1. The summed E-state index contributed by atoms with van der Waals surface area (Å²) in [5.74, 6) is 0.188. The summed E-state index contributed by atoms with van der Waals surface area (Å²) >= 11 is 5.99. The predicted octanol–water partition coefficient (Wildman–Crippen LogP) is 5.04. The second-order valence-corrected chi connectivity index (χ2v) is 7.24. The summed E-state index contributed by atoms with van der Waals surface area (Å²) in [6.07, 6.45) is 0. The molecule has 0 aliphatic heterocycles. The first-order valence-electron chi connectivity index (χ1n) is 9.39. The maximum atomic E-state index is 13.0. The number of carbonyl (C=O) groups excluding carboxylic acids is 2. The first-order chi connectivity index (χ1) is 14.9. The molecular weight excluding hydrogens is 414 g/mol. The minimum Gasteiger partial charge on any atom is -0.457 e. The zero-order valence-electron chi connectivity index (χ0n) is 16.3. The van der Waals surface area contributed by atoms with Crippen molar-refractivity contribution in [1.82, 2.24) is 4.98 Å². The van der Waals surface area contributed by atoms with Gasteiger partial charge in [0.25, 0.3) is 5.91 Å². The van der Waals surface area contributed by atoms with Gasteiger partial charge in [-0.1, -0.05) is 41.9 Å². The van der Waals surface area contributed by atoms with Crippen LogP contribution in [0.1, 0.15) is 26.4 Å². The summed E-state index contributed by atoms with van der Waals surface area (Å²) in [4.78, 5) is 28.0. The maximum absolute atomic E-state index is 13.0. The molecule has 1 heterocycles. The Morgan fingerprint density at radius 3 is 2.19 bits per heavy atom. The minimum atomic E-state index is -0.737. The van der Waals surface area contributed by atoms with Crippen molar-refractivity contribution >= 4 is 29.0 Å². The van der Waals surface area contributed by atoms with Crippen LogP contribution in [0.2, 0.25) is 5.02 Å². The Morgan fingerprint density at radius 1 is 0.871 bits per heavy atom. The molecule has 0 aliphatic rings. The molecule has 0 saturated carbocycles. The van der Waals surface area contributed by atoms with Crippen molar-refractivity contribution < 1.29 is 14.3 Å². The summed E-state index contributed by atoms with van der Waals surface area (Å²) in [6.45, 7) is 0. The third-order valence-corrected chi connectivity index (χ3v) is 4.96. The van der Waals surface area contributed by atoms with E-state index in [9.17, 15) is 9.59 Å². The molecule has 154 valence electrons. The highest BCUT2D eigenvalue weighted by Gasteiger charge is 2.25. The van der Waals surface area contributed by atoms with E-state index in [-0.39, 0.29) is 16.9 Å². The monoisotopic (exact) mass is 431 g/mol. The molecule has 0 saturated heterocycles. The van der Waals surface area contributed by atoms with Gasteiger partial charge in [0.15, 0.2) is 0 Å². The topological polar surface area (TPSA) is 111 Å². The van der Waals surface area contributed by atoms with Crippen LogP contribution < -0.4 is 16.2 Å². The molecule has 5 N–H and O–H groups in total. The minimum absolute atomic E-state index is 0.00270. The zero-order valence-corrected chi connectivity index (χ0v) is 17.0. The highest BCUT2D eigenvalue weighted by molar-refractivity contribution is 6.31. The van der Waals surface area contributed by atoms with E-state index in [4.69, 9.17) is 27.8 Å². The van der Waals surface area contributed by atoms with E-state index >= 15 is 0 Å². The quantitative estimate of drug-likeness (QED) is 0.371. The number of amides is 1. The SMILES string of the molecule is NC(=O)c1c(-c2ccc(Oc3ccccc3)cc2)[nH]c(C(=O)c2cccc(Cl)c2)c1N. The van der Waals surface area contributed by atoms with Crippen molar-refractivity contribution in [1.29, 1.82) is 0 Å². The van der Waals surface area contributed by atoms with Gasteiger partial charge < -0.3 is 21.2 Å². The van der Waals surface area contributed by atoms with Crippen LogP contribution in [0.25, 0.3) is 11.3 Å². The number of nitrogen functional groups attached to an aromatic ring is 1. The zero-order chi connectivity index (χ0) is 22.0. The molecule has 3 aromatic carbocycles. The lowest BCUT2D eigenvalue weighted by atomic mass is 10.0. The van der Waals surface area contributed by atoms with Crippen LogP contribution in [0.4, 0.5) is 5.69 Å². The van der Waals surface area contributed by atoms with Gasteiger partial charge in [0, 0.05) is 10.6 Å². The van der Waals surface area contributed by atoms with Crippen LogP contribution in [0, 0.1) is 0 Å². The smallest absolute Gasteiger partial charge is 0.253 e. The second kappa shape index (κ2) is 8.38. The van der Waals surface area contributed by atoms with E-state index in [0.717, 1.165) is 0 Å². The fourth-order valence-electron chi connectivity index (χ4n) is 3.25. The first-order valence-corrected chi connectivity index (χ1v) is 9.76. The van der Waals surface area contributed by atoms with Crippen LogP contribution in [-0.2, 0) is 0 Å². The summed E-state index contributed by atoms with van der Waals surface area (Å²) in [7, 11) is 0. The highest BCUT2D eigenvalue weighted by Crippen LogP contribution is 2.33. The molecule has 0 aliphatic carbocycles. The maximum Gasteiger partial charge on any atom is 0.253 e. The van der Waals surface area contributed by atoms with Crippen LogP contribution >= 0.6 is 11.6 Å². The number of aromatic nitrogens is 1. The van der Waals surface area contributed by atoms with Gasteiger partial charge in [-0.2, -0.15) is 0 Å². The Hall–Kier alpha value is -4.03. The fourth-order valence-corrected chi connectivity index (χ4v) is 3.44. The molecule has 7 heteroatoms. The molecule has 31 heavy (non-hydrogen) atoms. The van der Waals surface area contributed by atoms with Crippen molar-refractivity contribution in [2.45, 2.75) is 0 Å². The summed E-state index contributed by atoms with van der Waals surface area (Å²) in [5, 5.41) is 0.417. The van der Waals surface area contributed by atoms with Gasteiger partial charge in [-0.3, -0.25) is 9.59 Å². The molecule has 4 aromatic rings. The van der Waals surface area contributed by atoms with E-state index in [1.165, 1.54) is 6.07 Å². The fraction of sp³-hybridized carbons (Fsp3) is 0. The number of nitrogens with two attached hydrogens (primary N) is 2. The van der Waals surface area contributed by atoms with Gasteiger partial charge >= 0.3 is 0 Å². The molecule has 0 bridgehead atoms. The molecule has 0 radical (unpaired) electrons. The van der Waals surface area contributed by atoms with Gasteiger partial charge in [-0.15, -0.1) is 0 Å². The molecule has 4 rings (SSSR count). The largest absolute Gasteiger partial charge is 0.457 e. The van der Waals surface area contributed by atoms with Crippen molar-refractivity contribution in [3.8, 4) is 22.8 Å². The molecular formula is C24H18ClN3O3. The standard InChI is InChI=1S/C24H18ClN3O3/c25-16-6-4-5-15(13-16)23(29)22-20(26)19(24(27)30)21(28-22)14-9-11-18(12-10-14)31-17-7-2-1-3-8-17/h1-13,28H,26H2,(H2,27,30). The number of benzene rings is 3. The van der Waals surface area contributed by atoms with E-state index < -0.39 is 11.7 Å². The number of ether oxygens (including phenoxy) is 1. The Morgan fingerprint density at radius 2 is 1.55 bits per heavy atom. The summed E-state index contributed by atoms with van der Waals surface area (Å²) < 4.78 is 5.79. The third kappa shape index (κ3) is 4.15. The third-order valence-electron chi connectivity index (χ3n) is 4.72. The number of carbonyl (C=O) groups is 2. The lowest BCUT2D eigenvalue weighted by Crippen LogP contribution is -2.14. The van der Waals surface area contributed by atoms with Gasteiger partial charge in [-0.05, 0) is 54.1 Å². The highest BCUT2D eigenvalue weighted by atomic mass is 35.5. The summed E-state index contributed by atoms with van der Waals surface area (Å²) in [5.41, 5.74) is 13.2. The molecule has 0 unspecified atom stereocenters. The van der Waals surface area contributed by atoms with Crippen molar-refractivity contribution in [3.05, 3.63) is 101 Å². The van der Waals surface area contributed by atoms with E-state index in [2.05, 4.69) is 4.98 Å². The number of ketones is 1. The molecule has 1 aromatic heterocycles. The van der Waals surface area contributed by atoms with Crippen LogP contribution in [-0.4, -0.2) is 16.7 Å². The van der Waals surface area contributed by atoms with E-state index in [0.29, 0.717) is 33.3 Å². The van der Waals surface area contributed by atoms with Gasteiger partial charge in [0.05, 0.1) is 16.9 Å². The number of halogens is 1. The van der Waals surface area contributed by atoms with Crippen LogP contribution in [0.5, 0.6) is 11.5 Å². The first kappa shape index (κ1) is 20.3. The summed E-state index contributed by atoms with van der Waals surface area (Å²) in [6, 6.07) is 22.8. The van der Waals surface area contributed by atoms with Crippen molar-refractivity contribution in [2.24, 2.45) is 5.73 Å². The Labute approximate surface area is 183 Å². The second-order valence-electron chi connectivity index (χ2n) is 6.81. The molecule has 0 fully saturated rings. The Bertz CT molecular complexity index is 1270. The molecule has 6 nitrogen and oxygen atoms in total. The Kier molecular flexibility index (Phi) is 5.47. The van der Waals surface area contributed by atoms with Crippen LogP contribution in [0.3, 0.4) is 0 Å². The molecule has 1 amide bonds. The predicted molar refractivity (Wildman–Crippen MR) is 121 cm³/mol. The Balaban J connectivity index is 1.70. The molecule has 0 atom stereocenters. The average molecular weight is 432 g/mol. The lowest BCUT2D eigenvalue weighted by Gasteiger charge is -2.07. The van der Waals surface area contributed by atoms with Crippen molar-refractivity contribution in [3.63, 3.8) is 0 Å². The number of H-pyrrole nitrogens is 1. The van der Waals surface area contributed by atoms with Gasteiger partial charge in [0.2, 0.25) is 5.78 Å². The van der Waals surface area contributed by atoms with Gasteiger partial charge in [0.1, 0.15) is 17.2 Å². The number of primary amides is 1. The molecule has 0 spiro atoms. The normalized spacial score (nSPS) is 10.6. The number of para-hydroxylation sites is 1. The van der Waals surface area contributed by atoms with E-state index in [1.54, 1.807) is 42.5 Å². The number of hydrogen-bond donors (Lipinski definition) is 3. The number of rotatable bonds is 6. The number of anilines is 1.